The number of likely N-dealkylation sites (tertiary alicyclic amines) is 1. The highest BCUT2D eigenvalue weighted by molar-refractivity contribution is 4.74. The largest absolute Gasteiger partial charge is 0.367 e. The lowest BCUT2D eigenvalue weighted by Crippen LogP contribution is -2.41. The molecule has 0 aromatic rings. The second-order valence-corrected chi connectivity index (χ2v) is 9.05. The molecule has 0 spiro atoms. The molecule has 0 aliphatic carbocycles. The lowest BCUT2D eigenvalue weighted by molar-refractivity contribution is -0.137. The third-order valence-electron chi connectivity index (χ3n) is 6.42. The molecule has 0 bridgehead atoms. The molecule has 0 amide bonds. The van der Waals surface area contributed by atoms with Crippen LogP contribution < -0.4 is 0 Å². The van der Waals surface area contributed by atoms with E-state index in [2.05, 4.69) is 18.7 Å². The Labute approximate surface area is 176 Å². The number of hydrogen-bond acceptors (Lipinski definition) is 3. The molecule has 1 aliphatic rings. The first-order chi connectivity index (χ1) is 13.8. The van der Waals surface area contributed by atoms with Gasteiger partial charge in [-0.05, 0) is 39.3 Å². The normalized spacial score (nSPS) is 17.2. The maximum atomic E-state index is 10.1. The van der Waals surface area contributed by atoms with E-state index in [1.165, 1.54) is 109 Å². The van der Waals surface area contributed by atoms with Gasteiger partial charge in [-0.15, -0.1) is 0 Å². The monoisotopic (exact) mass is 397 g/mol. The van der Waals surface area contributed by atoms with Crippen LogP contribution in [0.15, 0.2) is 0 Å². The van der Waals surface area contributed by atoms with E-state index in [9.17, 15) is 5.11 Å². The Bertz CT molecular complexity index is 318. The predicted molar refractivity (Wildman–Crippen MR) is 122 cm³/mol. The van der Waals surface area contributed by atoms with Gasteiger partial charge in [-0.3, -0.25) is 4.90 Å². The van der Waals surface area contributed by atoms with Crippen molar-refractivity contribution in [3.63, 3.8) is 0 Å². The zero-order valence-electron chi connectivity index (χ0n) is 19.3. The zero-order valence-corrected chi connectivity index (χ0v) is 19.3. The Kier molecular flexibility index (Phi) is 17.5. The van der Waals surface area contributed by atoms with E-state index >= 15 is 0 Å². The van der Waals surface area contributed by atoms with E-state index in [1.807, 2.05) is 0 Å². The van der Waals surface area contributed by atoms with Crippen LogP contribution in [0.2, 0.25) is 0 Å². The minimum absolute atomic E-state index is 0.142. The first kappa shape index (κ1) is 25.9. The van der Waals surface area contributed by atoms with Crippen LogP contribution >= 0.6 is 0 Å². The number of rotatable bonds is 20. The number of aliphatic hydroxyl groups excluding tert-OH is 1. The van der Waals surface area contributed by atoms with Crippen LogP contribution in [-0.2, 0) is 4.74 Å². The lowest BCUT2D eigenvalue weighted by atomic mass is 10.0. The molecule has 0 saturated carbocycles. The third-order valence-corrected chi connectivity index (χ3v) is 6.42. The van der Waals surface area contributed by atoms with Gasteiger partial charge >= 0.3 is 0 Å². The first-order valence-electron chi connectivity index (χ1n) is 12.8. The average Bonchev–Trinajstić information content (AvgIpc) is 3.24. The standard InChI is InChI=1S/C25H51NO2/c1-3-4-5-6-7-8-9-10-11-12-13-14-15-16-17-20-23-28-25(27)24(2)26-21-18-19-22-26/h24-25,27H,3-23H2,1-2H3. The minimum Gasteiger partial charge on any atom is -0.367 e. The predicted octanol–water partition coefficient (Wildman–Crippen LogP) is 7.07. The van der Waals surface area contributed by atoms with Gasteiger partial charge in [0.15, 0.2) is 6.29 Å². The molecule has 0 radical (unpaired) electrons. The van der Waals surface area contributed by atoms with Crippen LogP contribution in [0.5, 0.6) is 0 Å². The van der Waals surface area contributed by atoms with Gasteiger partial charge in [0, 0.05) is 6.61 Å². The Morgan fingerprint density at radius 2 is 1.07 bits per heavy atom. The molecule has 1 N–H and O–H groups in total. The number of hydrogen-bond donors (Lipinski definition) is 1. The molecule has 1 saturated heterocycles. The summed E-state index contributed by atoms with van der Waals surface area (Å²) in [6.45, 7) is 7.31. The Hall–Kier alpha value is -0.120. The van der Waals surface area contributed by atoms with E-state index in [4.69, 9.17) is 4.74 Å². The number of nitrogens with zero attached hydrogens (tertiary/aromatic N) is 1. The average molecular weight is 398 g/mol. The van der Waals surface area contributed by atoms with E-state index < -0.39 is 6.29 Å². The zero-order chi connectivity index (χ0) is 20.3. The quantitative estimate of drug-likeness (QED) is 0.176. The second-order valence-electron chi connectivity index (χ2n) is 9.05. The summed E-state index contributed by atoms with van der Waals surface area (Å²) in [5.41, 5.74) is 0. The minimum atomic E-state index is -0.616. The maximum absolute atomic E-state index is 10.1. The van der Waals surface area contributed by atoms with E-state index in [-0.39, 0.29) is 6.04 Å². The van der Waals surface area contributed by atoms with Gasteiger partial charge in [-0.1, -0.05) is 103 Å². The van der Waals surface area contributed by atoms with Gasteiger partial charge in [-0.25, -0.2) is 0 Å². The van der Waals surface area contributed by atoms with E-state index in [0.29, 0.717) is 6.61 Å². The van der Waals surface area contributed by atoms with Crippen LogP contribution in [0.3, 0.4) is 0 Å². The summed E-state index contributed by atoms with van der Waals surface area (Å²) < 4.78 is 5.65. The van der Waals surface area contributed by atoms with E-state index in [0.717, 1.165) is 19.5 Å². The van der Waals surface area contributed by atoms with Crippen LogP contribution in [0, 0.1) is 0 Å². The molecule has 1 heterocycles. The molecule has 28 heavy (non-hydrogen) atoms. The highest BCUT2D eigenvalue weighted by atomic mass is 16.6. The Morgan fingerprint density at radius 3 is 1.50 bits per heavy atom. The number of ether oxygens (including phenoxy) is 1. The van der Waals surface area contributed by atoms with Crippen molar-refractivity contribution >= 4 is 0 Å². The van der Waals surface area contributed by atoms with Gasteiger partial charge in [0.1, 0.15) is 0 Å². The number of unbranched alkanes of at least 4 members (excludes halogenated alkanes) is 15. The molecular weight excluding hydrogens is 346 g/mol. The summed E-state index contributed by atoms with van der Waals surface area (Å²) in [7, 11) is 0. The molecule has 2 atom stereocenters. The third kappa shape index (κ3) is 14.0. The Balaban J connectivity index is 1.74. The van der Waals surface area contributed by atoms with Crippen molar-refractivity contribution in [3.05, 3.63) is 0 Å². The molecular formula is C25H51NO2. The van der Waals surface area contributed by atoms with Gasteiger partial charge in [-0.2, -0.15) is 0 Å². The highest BCUT2D eigenvalue weighted by Crippen LogP contribution is 2.16. The SMILES string of the molecule is CCCCCCCCCCCCCCCCCCOC(O)C(C)N1CCCC1. The summed E-state index contributed by atoms with van der Waals surface area (Å²) in [4.78, 5) is 2.35. The second kappa shape index (κ2) is 18.9. The molecule has 0 aromatic carbocycles. The molecule has 2 unspecified atom stereocenters. The van der Waals surface area contributed by atoms with Crippen LogP contribution in [0.1, 0.15) is 129 Å². The summed E-state index contributed by atoms with van der Waals surface area (Å²) in [6, 6.07) is 0.142. The molecule has 3 nitrogen and oxygen atoms in total. The van der Waals surface area contributed by atoms with Crippen molar-refractivity contribution in [1.29, 1.82) is 0 Å². The number of aliphatic hydroxyl groups is 1. The van der Waals surface area contributed by atoms with Crippen LogP contribution in [-0.4, -0.2) is 42.0 Å². The topological polar surface area (TPSA) is 32.7 Å². The van der Waals surface area contributed by atoms with Gasteiger partial charge in [0.2, 0.25) is 0 Å². The lowest BCUT2D eigenvalue weighted by Gasteiger charge is -2.28. The smallest absolute Gasteiger partial charge is 0.169 e. The van der Waals surface area contributed by atoms with Gasteiger partial charge < -0.3 is 9.84 Å². The molecule has 0 aromatic heterocycles. The Morgan fingerprint density at radius 1 is 0.679 bits per heavy atom. The van der Waals surface area contributed by atoms with Crippen LogP contribution in [0.25, 0.3) is 0 Å². The first-order valence-corrected chi connectivity index (χ1v) is 12.8. The summed E-state index contributed by atoms with van der Waals surface area (Å²) in [6.07, 6.45) is 24.1. The van der Waals surface area contributed by atoms with Crippen molar-refractivity contribution < 1.29 is 9.84 Å². The van der Waals surface area contributed by atoms with E-state index in [1.54, 1.807) is 0 Å². The van der Waals surface area contributed by atoms with Crippen molar-refractivity contribution in [2.45, 2.75) is 142 Å². The summed E-state index contributed by atoms with van der Waals surface area (Å²) >= 11 is 0. The fourth-order valence-corrected chi connectivity index (χ4v) is 4.32. The van der Waals surface area contributed by atoms with Gasteiger partial charge in [0.05, 0.1) is 6.04 Å². The van der Waals surface area contributed by atoms with Crippen molar-refractivity contribution in [2.24, 2.45) is 0 Å². The van der Waals surface area contributed by atoms with Crippen molar-refractivity contribution in [1.82, 2.24) is 4.90 Å². The van der Waals surface area contributed by atoms with Crippen molar-refractivity contribution in [2.75, 3.05) is 19.7 Å². The molecule has 1 aliphatic heterocycles. The summed E-state index contributed by atoms with van der Waals surface area (Å²) in [5, 5.41) is 10.1. The maximum Gasteiger partial charge on any atom is 0.169 e. The fraction of sp³-hybridized carbons (Fsp3) is 1.00. The molecule has 1 fully saturated rings. The summed E-state index contributed by atoms with van der Waals surface area (Å²) in [5.74, 6) is 0. The highest BCUT2D eigenvalue weighted by Gasteiger charge is 2.24. The molecule has 3 heteroatoms. The molecule has 1 rings (SSSR count). The fourth-order valence-electron chi connectivity index (χ4n) is 4.32. The van der Waals surface area contributed by atoms with Crippen molar-refractivity contribution in [3.8, 4) is 0 Å². The van der Waals surface area contributed by atoms with Gasteiger partial charge in [0.25, 0.3) is 0 Å². The molecule has 168 valence electrons. The van der Waals surface area contributed by atoms with Crippen LogP contribution in [0.4, 0.5) is 0 Å².